The van der Waals surface area contributed by atoms with Gasteiger partial charge in [0, 0.05) is 11.1 Å². The molecule has 140 valence electrons. The average Bonchev–Trinajstić information content (AvgIpc) is 3.15. The fourth-order valence-electron chi connectivity index (χ4n) is 2.99. The molecule has 4 rings (SSSR count). The summed E-state index contributed by atoms with van der Waals surface area (Å²) in [4.78, 5) is 4.32. The Morgan fingerprint density at radius 2 is 1.44 bits per heavy atom. The smallest absolute Gasteiger partial charge is 0.350 e. The van der Waals surface area contributed by atoms with E-state index in [4.69, 9.17) is 9.47 Å². The largest absolute Gasteiger partial charge is 0.497 e. The summed E-state index contributed by atoms with van der Waals surface area (Å²) >= 11 is 0.135. The van der Waals surface area contributed by atoms with Gasteiger partial charge >= 0.3 is 5.25 Å². The molecule has 3 aromatic rings. The van der Waals surface area contributed by atoms with E-state index < -0.39 is 11.6 Å². The number of benzene rings is 2. The molecule has 1 unspecified atom stereocenters. The van der Waals surface area contributed by atoms with E-state index in [1.54, 1.807) is 55.6 Å². The highest BCUT2D eigenvalue weighted by Crippen LogP contribution is 2.55. The topological polar surface area (TPSA) is 36.3 Å². The molecule has 0 amide bonds. The van der Waals surface area contributed by atoms with Crippen LogP contribution in [0.15, 0.2) is 53.7 Å². The molecule has 1 aromatic heterocycles. The molecule has 27 heavy (non-hydrogen) atoms. The normalized spacial score (nSPS) is 17.6. The Balaban J connectivity index is 1.90. The van der Waals surface area contributed by atoms with Gasteiger partial charge in [-0.1, -0.05) is 0 Å². The fraction of sp³-hybridized carbons (Fsp3) is 0.211. The quantitative estimate of drug-likeness (QED) is 0.596. The number of hydrogen-bond donors (Lipinski definition) is 0. The van der Waals surface area contributed by atoms with Crippen LogP contribution in [-0.4, -0.2) is 29.0 Å². The Hall–Kier alpha value is -2.61. The molecule has 0 bridgehead atoms. The van der Waals surface area contributed by atoms with E-state index in [2.05, 4.69) is 4.98 Å². The molecule has 1 atom stereocenters. The third-order valence-electron chi connectivity index (χ3n) is 4.34. The van der Waals surface area contributed by atoms with Gasteiger partial charge in [-0.05, 0) is 60.3 Å². The number of rotatable bonds is 4. The molecule has 0 fully saturated rings. The number of imidazole rings is 1. The molecule has 1 aliphatic rings. The summed E-state index contributed by atoms with van der Waals surface area (Å²) in [6, 6.07) is 13.8. The number of fused-ring (bicyclic) bond motifs is 1. The van der Waals surface area contributed by atoms with Gasteiger partial charge in [0.2, 0.25) is 0 Å². The number of hydrogen-bond acceptors (Lipinski definition) is 4. The highest BCUT2D eigenvalue weighted by Gasteiger charge is 2.52. The van der Waals surface area contributed by atoms with Crippen molar-refractivity contribution in [2.75, 3.05) is 14.2 Å². The fourth-order valence-corrected chi connectivity index (χ4v) is 3.86. The van der Waals surface area contributed by atoms with Crippen molar-refractivity contribution in [3.8, 4) is 34.0 Å². The van der Waals surface area contributed by atoms with E-state index in [9.17, 15) is 13.2 Å². The van der Waals surface area contributed by atoms with E-state index in [0.29, 0.717) is 34.0 Å². The number of ether oxygens (including phenoxy) is 2. The SMILES string of the molecule is COc1ccc(-c2nc3n(c2-c2ccc(OC)cc2)C(F)C(F)(F)S3)cc1. The van der Waals surface area contributed by atoms with Gasteiger partial charge in [0.1, 0.15) is 11.5 Å². The number of nitrogens with zero attached hydrogens (tertiary/aromatic N) is 2. The number of aromatic nitrogens is 2. The lowest BCUT2D eigenvalue weighted by Gasteiger charge is -2.15. The Kier molecular flexibility index (Phi) is 4.30. The highest BCUT2D eigenvalue weighted by atomic mass is 32.2. The Labute approximate surface area is 157 Å². The second kappa shape index (κ2) is 6.53. The summed E-state index contributed by atoms with van der Waals surface area (Å²) < 4.78 is 53.6. The third-order valence-corrected chi connectivity index (χ3v) is 5.27. The average molecular weight is 392 g/mol. The molecular formula is C19H15F3N2O2S. The second-order valence-electron chi connectivity index (χ2n) is 5.92. The van der Waals surface area contributed by atoms with Crippen LogP contribution in [0, 0.1) is 0 Å². The maximum absolute atomic E-state index is 14.5. The van der Waals surface area contributed by atoms with Crippen LogP contribution in [0.3, 0.4) is 0 Å². The number of methoxy groups -OCH3 is 2. The summed E-state index contributed by atoms with van der Waals surface area (Å²) in [7, 11) is 3.08. The first-order valence-corrected chi connectivity index (χ1v) is 8.88. The van der Waals surface area contributed by atoms with Crippen LogP contribution in [0.1, 0.15) is 6.30 Å². The first-order chi connectivity index (χ1) is 12.9. The van der Waals surface area contributed by atoms with Crippen LogP contribution in [-0.2, 0) is 0 Å². The molecule has 0 spiro atoms. The van der Waals surface area contributed by atoms with Gasteiger partial charge in [-0.15, -0.1) is 0 Å². The predicted molar refractivity (Wildman–Crippen MR) is 97.2 cm³/mol. The van der Waals surface area contributed by atoms with E-state index in [0.717, 1.165) is 4.57 Å². The van der Waals surface area contributed by atoms with Gasteiger partial charge in [0.15, 0.2) is 5.16 Å². The molecule has 1 aliphatic heterocycles. The molecule has 4 nitrogen and oxygen atoms in total. The van der Waals surface area contributed by atoms with Crippen LogP contribution >= 0.6 is 11.8 Å². The molecule has 2 aromatic carbocycles. The summed E-state index contributed by atoms with van der Waals surface area (Å²) in [5.41, 5.74) is 1.99. The molecule has 2 heterocycles. The molecule has 0 saturated carbocycles. The minimum absolute atomic E-state index is 0.0517. The van der Waals surface area contributed by atoms with Crippen molar-refractivity contribution in [2.24, 2.45) is 0 Å². The summed E-state index contributed by atoms with van der Waals surface area (Å²) in [6.07, 6.45) is -2.49. The summed E-state index contributed by atoms with van der Waals surface area (Å²) in [5.74, 6) is 1.27. The van der Waals surface area contributed by atoms with E-state index in [1.807, 2.05) is 0 Å². The minimum Gasteiger partial charge on any atom is -0.497 e. The predicted octanol–water partition coefficient (Wildman–Crippen LogP) is 5.40. The lowest BCUT2D eigenvalue weighted by Crippen LogP contribution is -2.17. The van der Waals surface area contributed by atoms with E-state index in [-0.39, 0.29) is 16.9 Å². The van der Waals surface area contributed by atoms with Gasteiger partial charge in [0.05, 0.1) is 25.6 Å². The van der Waals surface area contributed by atoms with Crippen molar-refractivity contribution in [3.05, 3.63) is 48.5 Å². The van der Waals surface area contributed by atoms with Gasteiger partial charge in [-0.2, -0.15) is 8.78 Å². The van der Waals surface area contributed by atoms with Gasteiger partial charge in [-0.25, -0.2) is 9.37 Å². The molecule has 0 saturated heterocycles. The first kappa shape index (κ1) is 17.8. The van der Waals surface area contributed by atoms with Crippen LogP contribution in [0.25, 0.3) is 22.5 Å². The van der Waals surface area contributed by atoms with Gasteiger partial charge in [-0.3, -0.25) is 4.57 Å². The number of thioether (sulfide) groups is 1. The van der Waals surface area contributed by atoms with Gasteiger partial charge in [0.25, 0.3) is 6.30 Å². The number of alkyl halides is 3. The molecular weight excluding hydrogens is 377 g/mol. The lowest BCUT2D eigenvalue weighted by atomic mass is 10.0. The van der Waals surface area contributed by atoms with E-state index in [1.165, 1.54) is 7.11 Å². The zero-order chi connectivity index (χ0) is 19.2. The van der Waals surface area contributed by atoms with Crippen molar-refractivity contribution in [1.29, 1.82) is 0 Å². The van der Waals surface area contributed by atoms with Crippen molar-refractivity contribution >= 4 is 11.8 Å². The molecule has 0 radical (unpaired) electrons. The van der Waals surface area contributed by atoms with E-state index >= 15 is 0 Å². The minimum atomic E-state index is -3.55. The Morgan fingerprint density at radius 3 is 1.96 bits per heavy atom. The van der Waals surface area contributed by atoms with Crippen molar-refractivity contribution in [3.63, 3.8) is 0 Å². The van der Waals surface area contributed by atoms with Crippen molar-refractivity contribution in [1.82, 2.24) is 9.55 Å². The highest BCUT2D eigenvalue weighted by molar-refractivity contribution is 8.00. The molecule has 0 aliphatic carbocycles. The zero-order valence-electron chi connectivity index (χ0n) is 14.4. The maximum atomic E-state index is 14.5. The van der Waals surface area contributed by atoms with Crippen molar-refractivity contribution in [2.45, 2.75) is 16.7 Å². The Bertz CT molecular complexity index is 972. The van der Waals surface area contributed by atoms with Crippen molar-refractivity contribution < 1.29 is 22.6 Å². The van der Waals surface area contributed by atoms with Gasteiger partial charge < -0.3 is 9.47 Å². The maximum Gasteiger partial charge on any atom is 0.350 e. The molecule has 8 heteroatoms. The monoisotopic (exact) mass is 392 g/mol. The third kappa shape index (κ3) is 2.93. The molecule has 0 N–H and O–H groups in total. The lowest BCUT2D eigenvalue weighted by molar-refractivity contribution is -0.0170. The second-order valence-corrected chi connectivity index (χ2v) is 7.03. The summed E-state index contributed by atoms with van der Waals surface area (Å²) in [6.45, 7) is 0. The standard InChI is InChI=1S/C19H15F3N2O2S/c1-25-13-7-3-11(4-8-13)15-16(12-5-9-14(26-2)10-6-12)24-17(20)19(21,22)27-18(24)23-15/h3-10,17H,1-2H3. The van der Waals surface area contributed by atoms with Crippen LogP contribution < -0.4 is 9.47 Å². The number of halogens is 3. The first-order valence-electron chi connectivity index (χ1n) is 8.06. The summed E-state index contributed by atoms with van der Waals surface area (Å²) in [5, 5.41) is -3.61. The van der Waals surface area contributed by atoms with Crippen LogP contribution in [0.4, 0.5) is 13.2 Å². The van der Waals surface area contributed by atoms with Crippen LogP contribution in [0.2, 0.25) is 0 Å². The Morgan fingerprint density at radius 1 is 0.926 bits per heavy atom. The van der Waals surface area contributed by atoms with Crippen LogP contribution in [0.5, 0.6) is 11.5 Å². The zero-order valence-corrected chi connectivity index (χ0v) is 15.3.